The van der Waals surface area contributed by atoms with Crippen LogP contribution in [-0.2, 0) is 14.6 Å². The van der Waals surface area contributed by atoms with E-state index >= 15 is 0 Å². The second-order valence-corrected chi connectivity index (χ2v) is 7.61. The van der Waals surface area contributed by atoms with Crippen LogP contribution in [-0.4, -0.2) is 50.4 Å². The number of sulfone groups is 1. The summed E-state index contributed by atoms with van der Waals surface area (Å²) in [5.74, 6) is 0.253. The predicted molar refractivity (Wildman–Crippen MR) is 79.5 cm³/mol. The molecule has 0 spiro atoms. The summed E-state index contributed by atoms with van der Waals surface area (Å²) < 4.78 is 22.9. The number of anilines is 1. The second-order valence-electron chi connectivity index (χ2n) is 5.39. The lowest BCUT2D eigenvalue weighted by atomic mass is 10.2. The molecule has 6 heteroatoms. The number of aryl methyl sites for hydroxylation is 1. The standard InChI is InChI=1S/C14H20N2O3S/c1-11-3-5-12(6-4-11)15-14(17)9-16(2)13-7-8-20(18,19)10-13/h3-6,13H,7-10H2,1-2H3,(H,15,17)/t13-/m1/s1. The van der Waals surface area contributed by atoms with E-state index in [9.17, 15) is 13.2 Å². The van der Waals surface area contributed by atoms with Crippen LogP contribution in [0.5, 0.6) is 0 Å². The third kappa shape index (κ3) is 4.05. The third-order valence-electron chi connectivity index (χ3n) is 3.56. The maximum atomic E-state index is 11.9. The molecule has 1 heterocycles. The summed E-state index contributed by atoms with van der Waals surface area (Å²) in [5.41, 5.74) is 1.89. The van der Waals surface area contributed by atoms with Crippen molar-refractivity contribution < 1.29 is 13.2 Å². The van der Waals surface area contributed by atoms with Gasteiger partial charge in [-0.05, 0) is 32.5 Å². The molecule has 1 N–H and O–H groups in total. The lowest BCUT2D eigenvalue weighted by molar-refractivity contribution is -0.117. The molecule has 0 aliphatic carbocycles. The molecule has 1 fully saturated rings. The monoisotopic (exact) mass is 296 g/mol. The van der Waals surface area contributed by atoms with E-state index in [0.29, 0.717) is 6.42 Å². The van der Waals surface area contributed by atoms with Gasteiger partial charge in [0, 0.05) is 11.7 Å². The van der Waals surface area contributed by atoms with E-state index in [4.69, 9.17) is 0 Å². The maximum Gasteiger partial charge on any atom is 0.238 e. The molecule has 1 aliphatic rings. The van der Waals surface area contributed by atoms with Crippen LogP contribution in [0.25, 0.3) is 0 Å². The molecule has 0 radical (unpaired) electrons. The van der Waals surface area contributed by atoms with E-state index in [1.807, 2.05) is 36.1 Å². The Labute approximate surface area is 119 Å². The first-order valence-electron chi connectivity index (χ1n) is 6.63. The van der Waals surface area contributed by atoms with Gasteiger partial charge in [-0.2, -0.15) is 0 Å². The van der Waals surface area contributed by atoms with Crippen LogP contribution < -0.4 is 5.32 Å². The third-order valence-corrected chi connectivity index (χ3v) is 5.31. The molecule has 5 nitrogen and oxygen atoms in total. The van der Waals surface area contributed by atoms with Gasteiger partial charge in [-0.1, -0.05) is 17.7 Å². The van der Waals surface area contributed by atoms with Crippen molar-refractivity contribution in [1.29, 1.82) is 0 Å². The fourth-order valence-corrected chi connectivity index (χ4v) is 4.12. The summed E-state index contributed by atoms with van der Waals surface area (Å²) in [4.78, 5) is 13.7. The number of carbonyl (C=O) groups is 1. The minimum atomic E-state index is -2.91. The molecule has 20 heavy (non-hydrogen) atoms. The first kappa shape index (κ1) is 15.0. The molecule has 1 amide bonds. The van der Waals surface area contributed by atoms with Gasteiger partial charge in [0.15, 0.2) is 9.84 Å². The summed E-state index contributed by atoms with van der Waals surface area (Å²) >= 11 is 0. The second kappa shape index (κ2) is 5.93. The highest BCUT2D eigenvalue weighted by Gasteiger charge is 2.31. The number of nitrogens with zero attached hydrogens (tertiary/aromatic N) is 1. The van der Waals surface area contributed by atoms with Crippen molar-refractivity contribution in [3.8, 4) is 0 Å². The van der Waals surface area contributed by atoms with Gasteiger partial charge < -0.3 is 5.32 Å². The van der Waals surface area contributed by atoms with Crippen molar-refractivity contribution in [3.63, 3.8) is 0 Å². The van der Waals surface area contributed by atoms with Crippen molar-refractivity contribution in [2.24, 2.45) is 0 Å². The zero-order chi connectivity index (χ0) is 14.8. The average Bonchev–Trinajstić information content (AvgIpc) is 2.73. The highest BCUT2D eigenvalue weighted by molar-refractivity contribution is 7.91. The molecule has 110 valence electrons. The first-order valence-corrected chi connectivity index (χ1v) is 8.45. The van der Waals surface area contributed by atoms with Crippen LogP contribution in [0.1, 0.15) is 12.0 Å². The SMILES string of the molecule is Cc1ccc(NC(=O)CN(C)[C@@H]2CCS(=O)(=O)C2)cc1. The Morgan fingerprint density at radius 3 is 2.55 bits per heavy atom. The highest BCUT2D eigenvalue weighted by Crippen LogP contribution is 2.16. The normalized spacial score (nSPS) is 21.1. The predicted octanol–water partition coefficient (Wildman–Crippen LogP) is 1.05. The molecule has 0 unspecified atom stereocenters. The first-order chi connectivity index (χ1) is 9.35. The van der Waals surface area contributed by atoms with Crippen LogP contribution in [0.15, 0.2) is 24.3 Å². The number of benzene rings is 1. The van der Waals surface area contributed by atoms with Crippen LogP contribution >= 0.6 is 0 Å². The number of hydrogen-bond donors (Lipinski definition) is 1. The average molecular weight is 296 g/mol. The van der Waals surface area contributed by atoms with E-state index in [2.05, 4.69) is 5.32 Å². The number of hydrogen-bond acceptors (Lipinski definition) is 4. The number of likely N-dealkylation sites (N-methyl/N-ethyl adjacent to an activating group) is 1. The highest BCUT2D eigenvalue weighted by atomic mass is 32.2. The van der Waals surface area contributed by atoms with Crippen molar-refractivity contribution in [1.82, 2.24) is 4.90 Å². The quantitative estimate of drug-likeness (QED) is 0.902. The molecular formula is C14H20N2O3S. The number of carbonyl (C=O) groups excluding carboxylic acids is 1. The zero-order valence-corrected chi connectivity index (χ0v) is 12.6. The molecule has 0 bridgehead atoms. The maximum absolute atomic E-state index is 11.9. The Hall–Kier alpha value is -1.40. The Morgan fingerprint density at radius 2 is 2.00 bits per heavy atom. The Morgan fingerprint density at radius 1 is 1.35 bits per heavy atom. The molecule has 0 saturated carbocycles. The Kier molecular flexibility index (Phi) is 4.45. The van der Waals surface area contributed by atoms with Crippen LogP contribution in [0.3, 0.4) is 0 Å². The summed E-state index contributed by atoms with van der Waals surface area (Å²) in [5, 5.41) is 2.81. The number of rotatable bonds is 4. The molecule has 1 aromatic rings. The zero-order valence-electron chi connectivity index (χ0n) is 11.8. The summed E-state index contributed by atoms with van der Waals surface area (Å²) in [6.07, 6.45) is 0.608. The van der Waals surface area contributed by atoms with E-state index in [0.717, 1.165) is 11.3 Å². The van der Waals surface area contributed by atoms with E-state index in [1.54, 1.807) is 7.05 Å². The lowest BCUT2D eigenvalue weighted by Crippen LogP contribution is -2.38. The number of nitrogens with one attached hydrogen (secondary N) is 1. The fourth-order valence-electron chi connectivity index (χ4n) is 2.32. The molecule has 1 aliphatic heterocycles. The summed E-state index contributed by atoms with van der Waals surface area (Å²) in [6.45, 7) is 2.19. The van der Waals surface area contributed by atoms with Gasteiger partial charge in [0.1, 0.15) is 0 Å². The minimum absolute atomic E-state index is 0.0521. The summed E-state index contributed by atoms with van der Waals surface area (Å²) in [7, 11) is -1.12. The molecule has 1 aromatic carbocycles. The van der Waals surface area contributed by atoms with Gasteiger partial charge in [0.25, 0.3) is 0 Å². The van der Waals surface area contributed by atoms with Crippen molar-refractivity contribution >= 4 is 21.4 Å². The van der Waals surface area contributed by atoms with Crippen molar-refractivity contribution in [3.05, 3.63) is 29.8 Å². The van der Waals surface area contributed by atoms with E-state index < -0.39 is 9.84 Å². The fraction of sp³-hybridized carbons (Fsp3) is 0.500. The van der Waals surface area contributed by atoms with Gasteiger partial charge in [0.2, 0.25) is 5.91 Å². The largest absolute Gasteiger partial charge is 0.325 e. The van der Waals surface area contributed by atoms with Crippen molar-refractivity contribution in [2.75, 3.05) is 30.4 Å². The van der Waals surface area contributed by atoms with Gasteiger partial charge in [-0.3, -0.25) is 9.69 Å². The molecule has 2 rings (SSSR count). The van der Waals surface area contributed by atoms with Gasteiger partial charge in [0.05, 0.1) is 18.1 Å². The van der Waals surface area contributed by atoms with E-state index in [1.165, 1.54) is 0 Å². The van der Waals surface area contributed by atoms with E-state index in [-0.39, 0.29) is 30.0 Å². The molecule has 1 atom stereocenters. The lowest BCUT2D eigenvalue weighted by Gasteiger charge is -2.22. The van der Waals surface area contributed by atoms with Gasteiger partial charge >= 0.3 is 0 Å². The Balaban J connectivity index is 1.87. The van der Waals surface area contributed by atoms with Gasteiger partial charge in [-0.15, -0.1) is 0 Å². The van der Waals surface area contributed by atoms with Crippen molar-refractivity contribution in [2.45, 2.75) is 19.4 Å². The van der Waals surface area contributed by atoms with Gasteiger partial charge in [-0.25, -0.2) is 8.42 Å². The van der Waals surface area contributed by atoms with Crippen LogP contribution in [0.2, 0.25) is 0 Å². The minimum Gasteiger partial charge on any atom is -0.325 e. The molecule has 0 aromatic heterocycles. The topological polar surface area (TPSA) is 66.5 Å². The number of amides is 1. The Bertz CT molecular complexity index is 581. The molecule has 1 saturated heterocycles. The molecular weight excluding hydrogens is 276 g/mol. The smallest absolute Gasteiger partial charge is 0.238 e. The van der Waals surface area contributed by atoms with Crippen LogP contribution in [0, 0.1) is 6.92 Å². The summed E-state index contributed by atoms with van der Waals surface area (Å²) in [6, 6.07) is 7.52. The van der Waals surface area contributed by atoms with Crippen LogP contribution in [0.4, 0.5) is 5.69 Å².